The number of carbonyl (C=O) groups excluding carboxylic acids is 1. The van der Waals surface area contributed by atoms with Crippen molar-refractivity contribution in [2.75, 3.05) is 6.54 Å². The molecule has 0 aliphatic heterocycles. The van der Waals surface area contributed by atoms with E-state index in [1.807, 2.05) is 18.2 Å². The predicted molar refractivity (Wildman–Crippen MR) is 85.2 cm³/mol. The van der Waals surface area contributed by atoms with E-state index in [4.69, 9.17) is 0 Å². The predicted octanol–water partition coefficient (Wildman–Crippen LogP) is 1.83. The first kappa shape index (κ1) is 15.2. The lowest BCUT2D eigenvalue weighted by atomic mass is 10.1. The topological polar surface area (TPSA) is 75.3 Å². The van der Waals surface area contributed by atoms with Crippen molar-refractivity contribution in [3.63, 3.8) is 0 Å². The van der Waals surface area contributed by atoms with Crippen molar-refractivity contribution >= 4 is 27.3 Å². The molecule has 0 saturated heterocycles. The molecule has 2 aromatic rings. The van der Waals surface area contributed by atoms with E-state index in [0.717, 1.165) is 29.7 Å². The minimum Gasteiger partial charge on any atom is -0.348 e. The monoisotopic (exact) mass is 336 g/mol. The number of benzene rings is 1. The van der Waals surface area contributed by atoms with Crippen LogP contribution in [0.3, 0.4) is 0 Å². The van der Waals surface area contributed by atoms with Crippen LogP contribution in [0.25, 0.3) is 0 Å². The SMILES string of the molecule is O=C(CNS(=O)(=O)c1cccs1)NC1CCc2ccccc21. The normalized spacial score (nSPS) is 17.2. The molecule has 1 amide bonds. The number of carbonyl (C=O) groups is 1. The Bertz CT molecular complexity index is 770. The zero-order chi connectivity index (χ0) is 15.6. The first-order valence-corrected chi connectivity index (χ1v) is 9.33. The summed E-state index contributed by atoms with van der Waals surface area (Å²) < 4.78 is 26.4. The number of nitrogens with one attached hydrogen (secondary N) is 2. The first-order valence-electron chi connectivity index (χ1n) is 6.96. The molecular weight excluding hydrogens is 320 g/mol. The molecule has 7 heteroatoms. The summed E-state index contributed by atoms with van der Waals surface area (Å²) in [6.07, 6.45) is 1.78. The van der Waals surface area contributed by atoms with Gasteiger partial charge in [0, 0.05) is 0 Å². The second-order valence-electron chi connectivity index (χ2n) is 5.11. The van der Waals surface area contributed by atoms with Crippen molar-refractivity contribution in [1.29, 1.82) is 0 Å². The van der Waals surface area contributed by atoms with Crippen LogP contribution in [0, 0.1) is 0 Å². The molecule has 0 spiro atoms. The van der Waals surface area contributed by atoms with Crippen LogP contribution >= 0.6 is 11.3 Å². The summed E-state index contributed by atoms with van der Waals surface area (Å²) in [5.41, 5.74) is 2.36. The van der Waals surface area contributed by atoms with Gasteiger partial charge in [0.15, 0.2) is 0 Å². The fourth-order valence-corrected chi connectivity index (χ4v) is 4.62. The van der Waals surface area contributed by atoms with Crippen LogP contribution < -0.4 is 10.0 Å². The molecule has 1 heterocycles. The van der Waals surface area contributed by atoms with Gasteiger partial charge in [-0.05, 0) is 35.4 Å². The van der Waals surface area contributed by atoms with Crippen molar-refractivity contribution < 1.29 is 13.2 Å². The maximum atomic E-state index is 12.0. The fraction of sp³-hybridized carbons (Fsp3) is 0.267. The summed E-state index contributed by atoms with van der Waals surface area (Å²) >= 11 is 1.12. The molecule has 2 N–H and O–H groups in total. The molecule has 1 unspecified atom stereocenters. The Morgan fingerprint density at radius 2 is 2.05 bits per heavy atom. The van der Waals surface area contributed by atoms with Gasteiger partial charge in [-0.3, -0.25) is 4.79 Å². The molecule has 0 radical (unpaired) electrons. The number of sulfonamides is 1. The molecule has 1 atom stereocenters. The molecular formula is C15H16N2O3S2. The van der Waals surface area contributed by atoms with Crippen LogP contribution in [-0.4, -0.2) is 20.9 Å². The van der Waals surface area contributed by atoms with E-state index in [-0.39, 0.29) is 22.7 Å². The summed E-state index contributed by atoms with van der Waals surface area (Å²) in [4.78, 5) is 12.0. The van der Waals surface area contributed by atoms with Crippen molar-refractivity contribution in [3.05, 3.63) is 52.9 Å². The highest BCUT2D eigenvalue weighted by atomic mass is 32.2. The van der Waals surface area contributed by atoms with Gasteiger partial charge in [0.05, 0.1) is 12.6 Å². The van der Waals surface area contributed by atoms with Gasteiger partial charge in [-0.2, -0.15) is 0 Å². The van der Waals surface area contributed by atoms with Crippen molar-refractivity contribution in [1.82, 2.24) is 10.0 Å². The Kier molecular flexibility index (Phi) is 4.28. The van der Waals surface area contributed by atoms with Crippen molar-refractivity contribution in [2.24, 2.45) is 0 Å². The Balaban J connectivity index is 1.58. The molecule has 116 valence electrons. The van der Waals surface area contributed by atoms with Gasteiger partial charge in [-0.15, -0.1) is 11.3 Å². The third kappa shape index (κ3) is 3.21. The van der Waals surface area contributed by atoms with Crippen molar-refractivity contribution in [2.45, 2.75) is 23.1 Å². The van der Waals surface area contributed by atoms with Crippen LogP contribution in [0.5, 0.6) is 0 Å². The van der Waals surface area contributed by atoms with E-state index >= 15 is 0 Å². The summed E-state index contributed by atoms with van der Waals surface area (Å²) in [5.74, 6) is -0.318. The quantitative estimate of drug-likeness (QED) is 0.875. The second kappa shape index (κ2) is 6.20. The van der Waals surface area contributed by atoms with E-state index < -0.39 is 10.0 Å². The minimum absolute atomic E-state index is 0.0325. The maximum absolute atomic E-state index is 12.0. The van der Waals surface area contributed by atoms with Gasteiger partial charge in [0.1, 0.15) is 4.21 Å². The molecule has 22 heavy (non-hydrogen) atoms. The average molecular weight is 336 g/mol. The number of fused-ring (bicyclic) bond motifs is 1. The van der Waals surface area contributed by atoms with E-state index in [0.29, 0.717) is 0 Å². The lowest BCUT2D eigenvalue weighted by Crippen LogP contribution is -2.38. The van der Waals surface area contributed by atoms with Crippen LogP contribution in [0.4, 0.5) is 0 Å². The largest absolute Gasteiger partial charge is 0.348 e. The Labute approximate surface area is 133 Å². The van der Waals surface area contributed by atoms with Gasteiger partial charge in [-0.1, -0.05) is 30.3 Å². The van der Waals surface area contributed by atoms with E-state index in [9.17, 15) is 13.2 Å². The van der Waals surface area contributed by atoms with Gasteiger partial charge in [0.2, 0.25) is 5.91 Å². The second-order valence-corrected chi connectivity index (χ2v) is 8.06. The van der Waals surface area contributed by atoms with Crippen LogP contribution in [0.2, 0.25) is 0 Å². The highest BCUT2D eigenvalue weighted by Crippen LogP contribution is 2.30. The first-order chi connectivity index (χ1) is 10.6. The molecule has 0 fully saturated rings. The van der Waals surface area contributed by atoms with Gasteiger partial charge < -0.3 is 5.32 Å². The number of aryl methyl sites for hydroxylation is 1. The molecule has 1 aromatic carbocycles. The Morgan fingerprint density at radius 3 is 2.82 bits per heavy atom. The van der Waals surface area contributed by atoms with Gasteiger partial charge in [-0.25, -0.2) is 13.1 Å². The van der Waals surface area contributed by atoms with Crippen LogP contribution in [-0.2, 0) is 21.2 Å². The van der Waals surface area contributed by atoms with Crippen LogP contribution in [0.15, 0.2) is 46.0 Å². The summed E-state index contributed by atoms with van der Waals surface area (Å²) in [5, 5.41) is 4.58. The average Bonchev–Trinajstić information content (AvgIpc) is 3.16. The van der Waals surface area contributed by atoms with Crippen molar-refractivity contribution in [3.8, 4) is 0 Å². The summed E-state index contributed by atoms with van der Waals surface area (Å²) in [6, 6.07) is 11.1. The molecule has 5 nitrogen and oxygen atoms in total. The summed E-state index contributed by atoms with van der Waals surface area (Å²) in [6.45, 7) is -0.251. The Hall–Kier alpha value is -1.70. The molecule has 1 aliphatic carbocycles. The number of hydrogen-bond acceptors (Lipinski definition) is 4. The standard InChI is InChI=1S/C15H16N2O3S2/c18-14(10-16-22(19,20)15-6-3-9-21-15)17-13-8-7-11-4-1-2-5-12(11)13/h1-6,9,13,16H,7-8,10H2,(H,17,18). The molecule has 0 saturated carbocycles. The maximum Gasteiger partial charge on any atom is 0.250 e. The van der Waals surface area contributed by atoms with E-state index in [1.54, 1.807) is 11.4 Å². The van der Waals surface area contributed by atoms with Gasteiger partial charge in [0.25, 0.3) is 10.0 Å². The third-order valence-corrected chi connectivity index (χ3v) is 6.45. The number of hydrogen-bond donors (Lipinski definition) is 2. The number of thiophene rings is 1. The zero-order valence-corrected chi connectivity index (χ0v) is 13.4. The lowest BCUT2D eigenvalue weighted by Gasteiger charge is -2.14. The zero-order valence-electron chi connectivity index (χ0n) is 11.8. The van der Waals surface area contributed by atoms with E-state index in [2.05, 4.69) is 16.1 Å². The smallest absolute Gasteiger partial charge is 0.250 e. The highest BCUT2D eigenvalue weighted by molar-refractivity contribution is 7.91. The van der Waals surface area contributed by atoms with E-state index in [1.165, 1.54) is 11.6 Å². The molecule has 1 aromatic heterocycles. The minimum atomic E-state index is -3.60. The molecule has 3 rings (SSSR count). The summed E-state index contributed by atoms with van der Waals surface area (Å²) in [7, 11) is -3.60. The van der Waals surface area contributed by atoms with Crippen LogP contribution in [0.1, 0.15) is 23.6 Å². The Morgan fingerprint density at radius 1 is 1.23 bits per heavy atom. The number of rotatable bonds is 5. The van der Waals surface area contributed by atoms with Gasteiger partial charge >= 0.3 is 0 Å². The lowest BCUT2D eigenvalue weighted by molar-refractivity contribution is -0.120. The highest BCUT2D eigenvalue weighted by Gasteiger charge is 2.24. The molecule has 1 aliphatic rings. The fourth-order valence-electron chi connectivity index (χ4n) is 2.60. The number of amides is 1. The third-order valence-electron chi connectivity index (χ3n) is 3.65. The molecule has 0 bridgehead atoms.